The first-order valence-corrected chi connectivity index (χ1v) is 10.9. The van der Waals surface area contributed by atoms with Gasteiger partial charge >= 0.3 is 0 Å². The summed E-state index contributed by atoms with van der Waals surface area (Å²) in [4.78, 5) is 19.0. The molecule has 1 saturated heterocycles. The van der Waals surface area contributed by atoms with Gasteiger partial charge < -0.3 is 10.1 Å². The molecule has 5 atom stereocenters. The Morgan fingerprint density at radius 1 is 1.38 bits per heavy atom. The molecule has 2 bridgehead atoms. The van der Waals surface area contributed by atoms with Crippen molar-refractivity contribution in [3.8, 4) is 0 Å². The molecule has 2 aliphatic carbocycles. The van der Waals surface area contributed by atoms with Gasteiger partial charge in [-0.1, -0.05) is 0 Å². The molecule has 0 spiro atoms. The third-order valence-corrected chi connectivity index (χ3v) is 8.49. The maximum absolute atomic E-state index is 13.1. The lowest BCUT2D eigenvalue weighted by Gasteiger charge is -2.28. The zero-order valence-corrected chi connectivity index (χ0v) is 15.3. The van der Waals surface area contributed by atoms with Gasteiger partial charge in [0.15, 0.2) is 5.13 Å². The highest BCUT2D eigenvalue weighted by molar-refractivity contribution is 7.89. The minimum atomic E-state index is -3.76. The Kier molecular flexibility index (Phi) is 3.55. The van der Waals surface area contributed by atoms with Crippen molar-refractivity contribution < 1.29 is 18.3 Å². The van der Waals surface area contributed by atoms with E-state index in [1.807, 2.05) is 0 Å². The molecule has 5 rings (SSSR count). The van der Waals surface area contributed by atoms with Crippen molar-refractivity contribution in [3.63, 3.8) is 0 Å². The molecule has 138 valence electrons. The summed E-state index contributed by atoms with van der Waals surface area (Å²) in [6, 6.07) is 1.02. The molecule has 8 nitrogen and oxygen atoms in total. The number of H-pyrrole nitrogens is 1. The number of carbonyl (C=O) groups is 1. The molecule has 2 saturated carbocycles. The van der Waals surface area contributed by atoms with E-state index >= 15 is 0 Å². The SMILES string of the molecule is O=C(Nc1nccs1)c1cc(S(=O)(=O)N2C[C@@H]3C[C@H]4C[C@H]3[C@H]2[C@H]4O)c[nH]1. The lowest BCUT2D eigenvalue weighted by molar-refractivity contribution is 0.0731. The summed E-state index contributed by atoms with van der Waals surface area (Å²) in [6.07, 6.45) is 4.15. The number of hydrogen-bond donors (Lipinski definition) is 3. The van der Waals surface area contributed by atoms with E-state index in [0.29, 0.717) is 17.6 Å². The van der Waals surface area contributed by atoms with E-state index < -0.39 is 22.0 Å². The Bertz CT molecular complexity index is 953. The Morgan fingerprint density at radius 2 is 2.23 bits per heavy atom. The van der Waals surface area contributed by atoms with Crippen molar-refractivity contribution in [2.75, 3.05) is 11.9 Å². The number of nitrogens with one attached hydrogen (secondary N) is 2. The number of fused-ring (bicyclic) bond motifs is 1. The smallest absolute Gasteiger partial charge is 0.273 e. The molecule has 3 heterocycles. The lowest BCUT2D eigenvalue weighted by Crippen LogP contribution is -2.43. The maximum atomic E-state index is 13.1. The Balaban J connectivity index is 1.40. The van der Waals surface area contributed by atoms with Crippen molar-refractivity contribution in [1.29, 1.82) is 0 Å². The zero-order valence-electron chi connectivity index (χ0n) is 13.7. The van der Waals surface area contributed by atoms with Gasteiger partial charge in [0.2, 0.25) is 10.0 Å². The lowest BCUT2D eigenvalue weighted by atomic mass is 9.88. The zero-order chi connectivity index (χ0) is 18.1. The second kappa shape index (κ2) is 5.62. The van der Waals surface area contributed by atoms with Crippen LogP contribution in [-0.2, 0) is 10.0 Å². The number of hydrogen-bond acceptors (Lipinski definition) is 6. The quantitative estimate of drug-likeness (QED) is 0.719. The predicted octanol–water partition coefficient (Wildman–Crippen LogP) is 1.11. The molecule has 3 aliphatic rings. The van der Waals surface area contributed by atoms with Gasteiger partial charge in [-0.05, 0) is 36.7 Å². The number of aromatic nitrogens is 2. The van der Waals surface area contributed by atoms with Crippen LogP contribution in [0.4, 0.5) is 5.13 Å². The van der Waals surface area contributed by atoms with Crippen LogP contribution < -0.4 is 5.32 Å². The van der Waals surface area contributed by atoms with Crippen molar-refractivity contribution in [2.45, 2.75) is 29.9 Å². The fraction of sp³-hybridized carbons (Fsp3) is 0.500. The van der Waals surface area contributed by atoms with Gasteiger partial charge in [0.1, 0.15) is 10.6 Å². The summed E-state index contributed by atoms with van der Waals surface area (Å²) >= 11 is 1.28. The van der Waals surface area contributed by atoms with Crippen molar-refractivity contribution in [3.05, 3.63) is 29.5 Å². The number of amides is 1. The van der Waals surface area contributed by atoms with Gasteiger partial charge in [-0.25, -0.2) is 13.4 Å². The summed E-state index contributed by atoms with van der Waals surface area (Å²) in [5, 5.41) is 15.2. The number of rotatable bonds is 4. The number of sulfonamides is 1. The van der Waals surface area contributed by atoms with Crippen LogP contribution in [0.3, 0.4) is 0 Å². The molecule has 26 heavy (non-hydrogen) atoms. The molecule has 0 aromatic carbocycles. The fourth-order valence-electron chi connectivity index (χ4n) is 4.88. The van der Waals surface area contributed by atoms with Gasteiger partial charge in [-0.3, -0.25) is 10.1 Å². The molecule has 1 amide bonds. The number of aliphatic hydroxyl groups is 1. The van der Waals surface area contributed by atoms with E-state index in [0.717, 1.165) is 12.8 Å². The molecule has 2 aromatic rings. The molecule has 3 fully saturated rings. The number of aromatic amines is 1. The minimum absolute atomic E-state index is 0.0544. The van der Waals surface area contributed by atoms with Crippen molar-refractivity contribution in [1.82, 2.24) is 14.3 Å². The molecule has 3 N–H and O–H groups in total. The number of thiazole rings is 1. The third kappa shape index (κ3) is 2.29. The number of nitrogens with zero attached hydrogens (tertiary/aromatic N) is 2. The number of aliphatic hydroxyl groups excluding tert-OH is 1. The fourth-order valence-corrected chi connectivity index (χ4v) is 7.13. The molecule has 2 aromatic heterocycles. The Morgan fingerprint density at radius 3 is 2.96 bits per heavy atom. The standard InChI is InChI=1S/C16H18N4O4S2/c21-14-8-3-9-7-20(13(14)11(9)4-8)26(23,24)10-5-12(18-6-10)15(22)19-16-17-1-2-25-16/h1-2,5-6,8-9,11,13-14,18,21H,3-4,7H2,(H,17,19,22)/t8-,9-,11+,13-,14-/m0/s1. The summed E-state index contributed by atoms with van der Waals surface area (Å²) < 4.78 is 27.6. The van der Waals surface area contributed by atoms with E-state index in [-0.39, 0.29) is 28.5 Å². The monoisotopic (exact) mass is 394 g/mol. The minimum Gasteiger partial charge on any atom is -0.391 e. The molecular formula is C16H18N4O4S2. The summed E-state index contributed by atoms with van der Waals surface area (Å²) in [6.45, 7) is 0.455. The second-order valence-corrected chi connectivity index (χ2v) is 10.0. The maximum Gasteiger partial charge on any atom is 0.273 e. The number of carbonyl (C=O) groups excluding carboxylic acids is 1. The first-order chi connectivity index (χ1) is 12.4. The van der Waals surface area contributed by atoms with Gasteiger partial charge in [0.25, 0.3) is 5.91 Å². The Labute approximate surface area is 154 Å². The second-order valence-electron chi connectivity index (χ2n) is 7.25. The van der Waals surface area contributed by atoms with Crippen LogP contribution in [-0.4, -0.2) is 52.4 Å². The van der Waals surface area contributed by atoms with Crippen molar-refractivity contribution in [2.24, 2.45) is 17.8 Å². The van der Waals surface area contributed by atoms with Crippen molar-refractivity contribution >= 4 is 32.4 Å². The normalized spacial score (nSPS) is 33.0. The molecule has 0 unspecified atom stereocenters. The topological polar surface area (TPSA) is 115 Å². The van der Waals surface area contributed by atoms with E-state index in [1.54, 1.807) is 11.6 Å². The third-order valence-electron chi connectivity index (χ3n) is 5.96. The average molecular weight is 394 g/mol. The van der Waals surface area contributed by atoms with Gasteiger partial charge in [-0.15, -0.1) is 11.3 Å². The van der Waals surface area contributed by atoms with E-state index in [4.69, 9.17) is 0 Å². The predicted molar refractivity (Wildman–Crippen MR) is 94.3 cm³/mol. The molecule has 10 heteroatoms. The van der Waals surface area contributed by atoms with E-state index in [1.165, 1.54) is 27.9 Å². The summed E-state index contributed by atoms with van der Waals surface area (Å²) in [5.41, 5.74) is 0.158. The van der Waals surface area contributed by atoms with Gasteiger partial charge in [0.05, 0.1) is 12.1 Å². The highest BCUT2D eigenvalue weighted by Crippen LogP contribution is 2.56. The largest absolute Gasteiger partial charge is 0.391 e. The highest BCUT2D eigenvalue weighted by atomic mass is 32.2. The number of anilines is 1. The van der Waals surface area contributed by atoms with Crippen LogP contribution in [0.15, 0.2) is 28.7 Å². The summed E-state index contributed by atoms with van der Waals surface area (Å²) in [7, 11) is -3.76. The van der Waals surface area contributed by atoms with Gasteiger partial charge in [-0.2, -0.15) is 4.31 Å². The average Bonchev–Trinajstić information content (AvgIpc) is 3.36. The molecule has 1 aliphatic heterocycles. The first-order valence-electron chi connectivity index (χ1n) is 8.54. The van der Waals surface area contributed by atoms with Gasteiger partial charge in [0, 0.05) is 24.3 Å². The van der Waals surface area contributed by atoms with Crippen LogP contribution in [0, 0.1) is 17.8 Å². The van der Waals surface area contributed by atoms with Crippen LogP contribution in [0.5, 0.6) is 0 Å². The van der Waals surface area contributed by atoms with Crippen LogP contribution in [0.25, 0.3) is 0 Å². The highest BCUT2D eigenvalue weighted by Gasteiger charge is 2.61. The molecule has 0 radical (unpaired) electrons. The van der Waals surface area contributed by atoms with E-state index in [9.17, 15) is 18.3 Å². The van der Waals surface area contributed by atoms with Crippen LogP contribution in [0.1, 0.15) is 23.3 Å². The van der Waals surface area contributed by atoms with E-state index in [2.05, 4.69) is 15.3 Å². The van der Waals surface area contributed by atoms with Crippen LogP contribution in [0.2, 0.25) is 0 Å². The molecular weight excluding hydrogens is 376 g/mol. The Hall–Kier alpha value is -1.75. The van der Waals surface area contributed by atoms with Crippen LogP contribution >= 0.6 is 11.3 Å². The summed E-state index contributed by atoms with van der Waals surface area (Å²) in [5.74, 6) is 0.385. The first kappa shape index (κ1) is 16.4.